The van der Waals surface area contributed by atoms with Gasteiger partial charge in [-0.05, 0) is 52.0 Å². The van der Waals surface area contributed by atoms with Gasteiger partial charge in [0.05, 0.1) is 3.79 Å². The summed E-state index contributed by atoms with van der Waals surface area (Å²) in [5.74, 6) is 0.0494. The van der Waals surface area contributed by atoms with Gasteiger partial charge in [-0.2, -0.15) is 0 Å². The number of carbonyl (C=O) groups is 1. The minimum atomic E-state index is -0.185. The molecule has 3 nitrogen and oxygen atoms in total. The molecule has 2 aromatic rings. The zero-order valence-corrected chi connectivity index (χ0v) is 16.2. The van der Waals surface area contributed by atoms with Crippen molar-refractivity contribution in [2.24, 2.45) is 5.92 Å². The lowest BCUT2D eigenvalue weighted by Gasteiger charge is -2.34. The lowest BCUT2D eigenvalue weighted by molar-refractivity contribution is -0.134. The average Bonchev–Trinajstić information content (AvgIpc) is 3.31. The molecule has 0 spiro atoms. The third-order valence-corrected chi connectivity index (χ3v) is 6.71. The van der Waals surface area contributed by atoms with Crippen molar-refractivity contribution in [1.29, 1.82) is 0 Å². The highest BCUT2D eigenvalue weighted by molar-refractivity contribution is 9.11. The summed E-state index contributed by atoms with van der Waals surface area (Å²) >= 11 is 5.26. The summed E-state index contributed by atoms with van der Waals surface area (Å²) in [6, 6.07) is 11.1. The molecule has 2 unspecified atom stereocenters. The largest absolute Gasteiger partial charge is 0.340 e. The summed E-state index contributed by atoms with van der Waals surface area (Å²) in [4.78, 5) is 18.4. The van der Waals surface area contributed by atoms with Crippen molar-refractivity contribution < 1.29 is 9.18 Å². The molecular weight excluding hydrogens is 403 g/mol. The van der Waals surface area contributed by atoms with Crippen LogP contribution < -0.4 is 0 Å². The van der Waals surface area contributed by atoms with E-state index < -0.39 is 0 Å². The van der Waals surface area contributed by atoms with Gasteiger partial charge in [-0.15, -0.1) is 11.3 Å². The quantitative estimate of drug-likeness (QED) is 0.740. The first-order valence-corrected chi connectivity index (χ1v) is 10.2. The van der Waals surface area contributed by atoms with E-state index >= 15 is 0 Å². The SMILES string of the molecule is O=C(C1CC1c1ccccc1F)N1CCN(Cc2ccc(Br)s2)CC1. The second-order valence-electron chi connectivity index (χ2n) is 6.78. The molecule has 1 aliphatic carbocycles. The van der Waals surface area contributed by atoms with Gasteiger partial charge in [0.2, 0.25) is 5.91 Å². The van der Waals surface area contributed by atoms with Crippen molar-refractivity contribution in [3.05, 3.63) is 56.4 Å². The van der Waals surface area contributed by atoms with Crippen molar-refractivity contribution in [3.8, 4) is 0 Å². The molecule has 132 valence electrons. The minimum Gasteiger partial charge on any atom is -0.340 e. The Morgan fingerprint density at radius 3 is 2.60 bits per heavy atom. The standard InChI is InChI=1S/C19H20BrFN2OS/c20-18-6-5-13(25-18)12-22-7-9-23(10-8-22)19(24)16-11-15(16)14-3-1-2-4-17(14)21/h1-6,15-16H,7-12H2. The van der Waals surface area contributed by atoms with Crippen LogP contribution in [0.2, 0.25) is 0 Å². The van der Waals surface area contributed by atoms with E-state index in [0.29, 0.717) is 5.56 Å². The van der Waals surface area contributed by atoms with Gasteiger partial charge in [-0.3, -0.25) is 9.69 Å². The van der Waals surface area contributed by atoms with E-state index in [9.17, 15) is 9.18 Å². The van der Waals surface area contributed by atoms with Crippen LogP contribution in [0.15, 0.2) is 40.2 Å². The lowest BCUT2D eigenvalue weighted by Crippen LogP contribution is -2.48. The Labute approximate surface area is 159 Å². The van der Waals surface area contributed by atoms with Crippen molar-refractivity contribution in [1.82, 2.24) is 9.80 Å². The van der Waals surface area contributed by atoms with Gasteiger partial charge in [-0.1, -0.05) is 18.2 Å². The molecule has 25 heavy (non-hydrogen) atoms. The van der Waals surface area contributed by atoms with Crippen LogP contribution >= 0.6 is 27.3 Å². The van der Waals surface area contributed by atoms with E-state index in [4.69, 9.17) is 0 Å². The van der Waals surface area contributed by atoms with E-state index in [2.05, 4.69) is 33.0 Å². The number of benzene rings is 1. The number of thiophene rings is 1. The van der Waals surface area contributed by atoms with Crippen LogP contribution in [0.1, 0.15) is 22.8 Å². The Balaban J connectivity index is 1.30. The molecule has 2 heterocycles. The maximum atomic E-state index is 13.9. The summed E-state index contributed by atoms with van der Waals surface area (Å²) in [7, 11) is 0. The molecule has 1 aromatic carbocycles. The molecule has 1 amide bonds. The molecule has 2 fully saturated rings. The van der Waals surface area contributed by atoms with E-state index in [0.717, 1.165) is 42.9 Å². The summed E-state index contributed by atoms with van der Waals surface area (Å²) in [6.45, 7) is 4.29. The second-order valence-corrected chi connectivity index (χ2v) is 9.33. The number of halogens is 2. The van der Waals surface area contributed by atoms with Gasteiger partial charge in [0.15, 0.2) is 0 Å². The highest BCUT2D eigenvalue weighted by atomic mass is 79.9. The normalized spacial score (nSPS) is 23.7. The van der Waals surface area contributed by atoms with Crippen molar-refractivity contribution >= 4 is 33.2 Å². The van der Waals surface area contributed by atoms with E-state index in [1.54, 1.807) is 17.4 Å². The van der Waals surface area contributed by atoms with Crippen molar-refractivity contribution in [2.45, 2.75) is 18.9 Å². The monoisotopic (exact) mass is 422 g/mol. The molecule has 1 saturated heterocycles. The number of rotatable bonds is 4. The first kappa shape index (κ1) is 17.2. The molecular formula is C19H20BrFN2OS. The third kappa shape index (κ3) is 3.81. The molecule has 2 aliphatic rings. The predicted octanol–water partition coefficient (Wildman–Crippen LogP) is 4.10. The van der Waals surface area contributed by atoms with Crippen LogP contribution in [0.4, 0.5) is 4.39 Å². The molecule has 0 radical (unpaired) electrons. The number of hydrogen-bond donors (Lipinski definition) is 0. The van der Waals surface area contributed by atoms with Gasteiger partial charge in [0.1, 0.15) is 5.82 Å². The topological polar surface area (TPSA) is 23.6 Å². The van der Waals surface area contributed by atoms with Crippen LogP contribution in [0.25, 0.3) is 0 Å². The smallest absolute Gasteiger partial charge is 0.226 e. The fourth-order valence-corrected chi connectivity index (χ4v) is 5.13. The number of hydrogen-bond acceptors (Lipinski definition) is 3. The molecule has 1 aromatic heterocycles. The summed E-state index contributed by atoms with van der Waals surface area (Å²) in [6.07, 6.45) is 0.781. The van der Waals surface area contributed by atoms with Crippen LogP contribution in [-0.2, 0) is 11.3 Å². The Morgan fingerprint density at radius 1 is 1.16 bits per heavy atom. The first-order valence-electron chi connectivity index (χ1n) is 8.61. The van der Waals surface area contributed by atoms with Gasteiger partial charge in [0, 0.05) is 43.5 Å². The molecule has 6 heteroatoms. The zero-order valence-electron chi connectivity index (χ0n) is 13.8. The maximum absolute atomic E-state index is 13.9. The Bertz CT molecular complexity index is 772. The summed E-state index contributed by atoms with van der Waals surface area (Å²) in [5.41, 5.74) is 0.697. The summed E-state index contributed by atoms with van der Waals surface area (Å²) in [5, 5.41) is 0. The van der Waals surface area contributed by atoms with Gasteiger partial charge >= 0.3 is 0 Å². The predicted molar refractivity (Wildman–Crippen MR) is 101 cm³/mol. The van der Waals surface area contributed by atoms with Crippen molar-refractivity contribution in [2.75, 3.05) is 26.2 Å². The van der Waals surface area contributed by atoms with Gasteiger partial charge in [0.25, 0.3) is 0 Å². The average molecular weight is 423 g/mol. The second kappa shape index (κ2) is 7.17. The van der Waals surface area contributed by atoms with Crippen LogP contribution in [0.5, 0.6) is 0 Å². The Hall–Kier alpha value is -1.24. The molecule has 1 aliphatic heterocycles. The molecule has 2 atom stereocenters. The van der Waals surface area contributed by atoms with Gasteiger partial charge in [-0.25, -0.2) is 4.39 Å². The number of amides is 1. The Morgan fingerprint density at radius 2 is 1.92 bits per heavy atom. The highest BCUT2D eigenvalue weighted by Gasteiger charge is 2.47. The molecule has 4 rings (SSSR count). The first-order chi connectivity index (χ1) is 12.1. The molecule has 0 bridgehead atoms. The van der Waals surface area contributed by atoms with E-state index in [1.165, 1.54) is 10.9 Å². The maximum Gasteiger partial charge on any atom is 0.226 e. The van der Waals surface area contributed by atoms with E-state index in [-0.39, 0.29) is 23.6 Å². The fraction of sp³-hybridized carbons (Fsp3) is 0.421. The number of nitrogens with zero attached hydrogens (tertiary/aromatic N) is 2. The molecule has 1 saturated carbocycles. The fourth-order valence-electron chi connectivity index (χ4n) is 3.61. The lowest BCUT2D eigenvalue weighted by atomic mass is 10.1. The highest BCUT2D eigenvalue weighted by Crippen LogP contribution is 2.49. The van der Waals surface area contributed by atoms with Crippen LogP contribution in [0, 0.1) is 11.7 Å². The van der Waals surface area contributed by atoms with E-state index in [1.807, 2.05) is 17.0 Å². The minimum absolute atomic E-state index is 0.0308. The van der Waals surface area contributed by atoms with Crippen molar-refractivity contribution in [3.63, 3.8) is 0 Å². The Kier molecular flexibility index (Phi) is 4.93. The third-order valence-electron chi connectivity index (χ3n) is 5.10. The number of carbonyl (C=O) groups excluding carboxylic acids is 1. The molecule has 0 N–H and O–H groups in total. The van der Waals surface area contributed by atoms with Crippen LogP contribution in [0.3, 0.4) is 0 Å². The summed E-state index contributed by atoms with van der Waals surface area (Å²) < 4.78 is 15.0. The number of piperazine rings is 1. The van der Waals surface area contributed by atoms with Crippen LogP contribution in [-0.4, -0.2) is 41.9 Å². The van der Waals surface area contributed by atoms with Gasteiger partial charge < -0.3 is 4.90 Å². The zero-order chi connectivity index (χ0) is 17.4.